The Bertz CT molecular complexity index is 503. The van der Waals surface area contributed by atoms with Gasteiger partial charge in [-0.3, -0.25) is 4.98 Å². The van der Waals surface area contributed by atoms with Gasteiger partial charge >= 0.3 is 0 Å². The van der Waals surface area contributed by atoms with Gasteiger partial charge in [0.15, 0.2) is 5.82 Å². The molecule has 1 N–H and O–H groups in total. The maximum atomic E-state index is 5.29. The average Bonchev–Trinajstić information content (AvgIpc) is 2.86. The lowest BCUT2D eigenvalue weighted by molar-refractivity contribution is 0.365. The Hall–Kier alpha value is -1.46. The number of halogens is 1. The molecule has 6 heteroatoms. The summed E-state index contributed by atoms with van der Waals surface area (Å²) in [5, 5.41) is 7.17. The first kappa shape index (κ1) is 16.6. The van der Waals surface area contributed by atoms with E-state index in [0.717, 1.165) is 18.7 Å². The number of hydrogen-bond donors (Lipinski definition) is 1. The number of pyridine rings is 1. The van der Waals surface area contributed by atoms with Crippen LogP contribution in [0.1, 0.15) is 37.0 Å². The van der Waals surface area contributed by atoms with Gasteiger partial charge < -0.3 is 9.84 Å². The van der Waals surface area contributed by atoms with E-state index in [1.165, 1.54) is 5.56 Å². The van der Waals surface area contributed by atoms with Crippen LogP contribution in [0.25, 0.3) is 0 Å². The van der Waals surface area contributed by atoms with E-state index in [2.05, 4.69) is 40.4 Å². The monoisotopic (exact) mass is 296 g/mol. The Labute approximate surface area is 125 Å². The van der Waals surface area contributed by atoms with Crippen molar-refractivity contribution in [2.45, 2.75) is 38.6 Å². The SMILES string of the molecule is CNC(C)Cc1noc(CC(C)c2cccnc2)n1.Cl. The fraction of sp³-hybridized carbons (Fsp3) is 0.500. The van der Waals surface area contributed by atoms with Crippen molar-refractivity contribution in [3.8, 4) is 0 Å². The summed E-state index contributed by atoms with van der Waals surface area (Å²) >= 11 is 0. The topological polar surface area (TPSA) is 63.8 Å². The molecule has 0 radical (unpaired) electrons. The smallest absolute Gasteiger partial charge is 0.227 e. The van der Waals surface area contributed by atoms with Gasteiger partial charge in [-0.15, -0.1) is 12.4 Å². The molecule has 2 heterocycles. The number of nitrogens with zero attached hydrogens (tertiary/aromatic N) is 3. The Morgan fingerprint density at radius 3 is 2.75 bits per heavy atom. The lowest BCUT2D eigenvalue weighted by Gasteiger charge is -2.07. The number of nitrogens with one attached hydrogen (secondary N) is 1. The van der Waals surface area contributed by atoms with Crippen molar-refractivity contribution >= 4 is 12.4 Å². The summed E-state index contributed by atoms with van der Waals surface area (Å²) in [5.41, 5.74) is 1.19. The second kappa shape index (κ2) is 7.97. The summed E-state index contributed by atoms with van der Waals surface area (Å²) in [4.78, 5) is 8.55. The standard InChI is InChI=1S/C14H20N4O.ClH/c1-10(12-5-4-6-16-9-12)7-14-17-13(18-19-14)8-11(2)15-3;/h4-6,9-11,15H,7-8H2,1-3H3;1H. The normalized spacial score (nSPS) is 13.6. The van der Waals surface area contributed by atoms with Crippen LogP contribution in [0, 0.1) is 0 Å². The Morgan fingerprint density at radius 1 is 1.30 bits per heavy atom. The van der Waals surface area contributed by atoms with Gasteiger partial charge in [-0.25, -0.2) is 0 Å². The average molecular weight is 297 g/mol. The summed E-state index contributed by atoms with van der Waals surface area (Å²) < 4.78 is 5.29. The number of aromatic nitrogens is 3. The summed E-state index contributed by atoms with van der Waals surface area (Å²) in [5.74, 6) is 1.77. The highest BCUT2D eigenvalue weighted by Crippen LogP contribution is 2.18. The predicted molar refractivity (Wildman–Crippen MR) is 80.1 cm³/mol. The quantitative estimate of drug-likeness (QED) is 0.887. The molecule has 2 aromatic rings. The summed E-state index contributed by atoms with van der Waals surface area (Å²) in [6.07, 6.45) is 5.18. The van der Waals surface area contributed by atoms with Crippen LogP contribution in [-0.2, 0) is 12.8 Å². The van der Waals surface area contributed by atoms with E-state index in [-0.39, 0.29) is 12.4 Å². The minimum atomic E-state index is 0. The molecule has 0 aliphatic rings. The van der Waals surface area contributed by atoms with Gasteiger partial charge in [-0.1, -0.05) is 18.1 Å². The third-order valence-corrected chi connectivity index (χ3v) is 3.23. The third-order valence-electron chi connectivity index (χ3n) is 3.23. The predicted octanol–water partition coefficient (Wildman–Crippen LogP) is 2.38. The van der Waals surface area contributed by atoms with Crippen molar-refractivity contribution in [3.05, 3.63) is 41.8 Å². The van der Waals surface area contributed by atoms with Crippen LogP contribution in [0.2, 0.25) is 0 Å². The molecule has 20 heavy (non-hydrogen) atoms. The molecule has 0 amide bonds. The number of likely N-dealkylation sites (N-methyl/N-ethyl adjacent to an activating group) is 1. The first-order valence-electron chi connectivity index (χ1n) is 6.57. The molecule has 2 atom stereocenters. The van der Waals surface area contributed by atoms with Crippen LogP contribution in [-0.4, -0.2) is 28.2 Å². The van der Waals surface area contributed by atoms with Gasteiger partial charge in [-0.2, -0.15) is 4.98 Å². The first-order valence-corrected chi connectivity index (χ1v) is 6.57. The zero-order chi connectivity index (χ0) is 13.7. The minimum Gasteiger partial charge on any atom is -0.339 e. The van der Waals surface area contributed by atoms with Gasteiger partial charge in [0.05, 0.1) is 0 Å². The highest BCUT2D eigenvalue weighted by atomic mass is 35.5. The van der Waals surface area contributed by atoms with Crippen LogP contribution in [0.15, 0.2) is 29.0 Å². The highest BCUT2D eigenvalue weighted by molar-refractivity contribution is 5.85. The molecular weight excluding hydrogens is 276 g/mol. The second-order valence-corrected chi connectivity index (χ2v) is 4.89. The van der Waals surface area contributed by atoms with Crippen LogP contribution in [0.4, 0.5) is 0 Å². The molecule has 0 fully saturated rings. The van der Waals surface area contributed by atoms with Crippen LogP contribution in [0.3, 0.4) is 0 Å². The molecule has 2 aromatic heterocycles. The molecule has 0 saturated heterocycles. The van der Waals surface area contributed by atoms with Gasteiger partial charge in [-0.05, 0) is 31.5 Å². The fourth-order valence-electron chi connectivity index (χ4n) is 1.88. The first-order chi connectivity index (χ1) is 9.19. The van der Waals surface area contributed by atoms with Crippen molar-refractivity contribution in [2.24, 2.45) is 0 Å². The number of rotatable bonds is 6. The highest BCUT2D eigenvalue weighted by Gasteiger charge is 2.13. The molecule has 0 aliphatic heterocycles. The minimum absolute atomic E-state index is 0. The van der Waals surface area contributed by atoms with Crippen molar-refractivity contribution in [2.75, 3.05) is 7.05 Å². The Balaban J connectivity index is 0.00000200. The van der Waals surface area contributed by atoms with Crippen molar-refractivity contribution in [3.63, 3.8) is 0 Å². The van der Waals surface area contributed by atoms with Crippen LogP contribution >= 0.6 is 12.4 Å². The Morgan fingerprint density at radius 2 is 2.10 bits per heavy atom. The van der Waals surface area contributed by atoms with Crippen LogP contribution in [0.5, 0.6) is 0 Å². The van der Waals surface area contributed by atoms with E-state index in [4.69, 9.17) is 4.52 Å². The molecule has 0 aliphatic carbocycles. The van der Waals surface area contributed by atoms with E-state index in [1.54, 1.807) is 6.20 Å². The maximum absolute atomic E-state index is 5.29. The lowest BCUT2D eigenvalue weighted by atomic mass is 10.00. The van der Waals surface area contributed by atoms with Gasteiger partial charge in [0.1, 0.15) is 0 Å². The van der Waals surface area contributed by atoms with Crippen molar-refractivity contribution in [1.29, 1.82) is 0 Å². The van der Waals surface area contributed by atoms with Gasteiger partial charge in [0.2, 0.25) is 5.89 Å². The molecule has 110 valence electrons. The lowest BCUT2D eigenvalue weighted by Crippen LogP contribution is -2.24. The Kier molecular flexibility index (Phi) is 6.61. The van der Waals surface area contributed by atoms with E-state index >= 15 is 0 Å². The summed E-state index contributed by atoms with van der Waals surface area (Å²) in [6.45, 7) is 4.23. The molecule has 0 bridgehead atoms. The van der Waals surface area contributed by atoms with Crippen molar-refractivity contribution in [1.82, 2.24) is 20.4 Å². The van der Waals surface area contributed by atoms with Gasteiger partial charge in [0.25, 0.3) is 0 Å². The van der Waals surface area contributed by atoms with E-state index in [0.29, 0.717) is 17.9 Å². The number of hydrogen-bond acceptors (Lipinski definition) is 5. The van der Waals surface area contributed by atoms with E-state index in [9.17, 15) is 0 Å². The van der Waals surface area contributed by atoms with Gasteiger partial charge in [0, 0.05) is 31.3 Å². The van der Waals surface area contributed by atoms with Crippen molar-refractivity contribution < 1.29 is 4.52 Å². The zero-order valence-corrected chi connectivity index (χ0v) is 12.9. The second-order valence-electron chi connectivity index (χ2n) is 4.89. The summed E-state index contributed by atoms with van der Waals surface area (Å²) in [6, 6.07) is 4.36. The molecule has 5 nitrogen and oxygen atoms in total. The maximum Gasteiger partial charge on any atom is 0.227 e. The third kappa shape index (κ3) is 4.58. The van der Waals surface area contributed by atoms with E-state index < -0.39 is 0 Å². The molecule has 2 unspecified atom stereocenters. The van der Waals surface area contributed by atoms with E-state index in [1.807, 2.05) is 19.3 Å². The molecule has 0 spiro atoms. The zero-order valence-electron chi connectivity index (χ0n) is 12.0. The fourth-order valence-corrected chi connectivity index (χ4v) is 1.88. The molecular formula is C14H21ClN4O. The molecule has 0 saturated carbocycles. The summed E-state index contributed by atoms with van der Waals surface area (Å²) in [7, 11) is 1.93. The van der Waals surface area contributed by atoms with Crippen LogP contribution < -0.4 is 5.32 Å². The largest absolute Gasteiger partial charge is 0.339 e. The molecule has 0 aromatic carbocycles. The molecule has 2 rings (SSSR count).